The lowest BCUT2D eigenvalue weighted by Crippen LogP contribution is -2.30. The van der Waals surface area contributed by atoms with Crippen LogP contribution in [0.5, 0.6) is 0 Å². The molecule has 1 N–H and O–H groups in total. The number of methoxy groups -OCH3 is 1. The van der Waals surface area contributed by atoms with Crippen molar-refractivity contribution in [2.24, 2.45) is 0 Å². The minimum atomic E-state index is -0.0908. The number of benzene rings is 1. The molecule has 0 aromatic heterocycles. The third-order valence-corrected chi connectivity index (χ3v) is 3.52. The summed E-state index contributed by atoms with van der Waals surface area (Å²) in [5, 5.41) is 3.22. The fourth-order valence-corrected chi connectivity index (χ4v) is 2.41. The minimum Gasteiger partial charge on any atom is -0.380 e. The second-order valence-corrected chi connectivity index (χ2v) is 4.87. The van der Waals surface area contributed by atoms with E-state index >= 15 is 0 Å². The van der Waals surface area contributed by atoms with Gasteiger partial charge in [0.05, 0.1) is 12.1 Å². The van der Waals surface area contributed by atoms with Crippen molar-refractivity contribution in [1.29, 1.82) is 0 Å². The molecule has 1 heterocycles. The zero-order chi connectivity index (χ0) is 13.0. The van der Waals surface area contributed by atoms with Crippen molar-refractivity contribution in [2.45, 2.75) is 38.3 Å². The molecule has 1 fully saturated rings. The monoisotopic (exact) mass is 247 g/mol. The normalized spacial score (nSPS) is 23.2. The molecule has 0 spiro atoms. The summed E-state index contributed by atoms with van der Waals surface area (Å²) in [5.74, 6) is 0.178. The van der Waals surface area contributed by atoms with E-state index in [0.29, 0.717) is 0 Å². The van der Waals surface area contributed by atoms with Crippen molar-refractivity contribution < 1.29 is 9.53 Å². The first-order chi connectivity index (χ1) is 8.74. The number of nitrogens with one attached hydrogen (secondary N) is 1. The summed E-state index contributed by atoms with van der Waals surface area (Å²) in [6.07, 6.45) is 3.14. The van der Waals surface area contributed by atoms with Crippen LogP contribution in [-0.4, -0.2) is 31.6 Å². The average Bonchev–Trinajstić information content (AvgIpc) is 2.88. The second-order valence-electron chi connectivity index (χ2n) is 4.87. The van der Waals surface area contributed by atoms with Crippen LogP contribution >= 0.6 is 0 Å². The summed E-state index contributed by atoms with van der Waals surface area (Å²) in [5.41, 5.74) is 2.09. The SMILES string of the molecule is CCCc1ccc(C(=O)C2CC(OC)CN2)cc1. The summed E-state index contributed by atoms with van der Waals surface area (Å²) >= 11 is 0. The molecule has 2 atom stereocenters. The number of hydrogen-bond donors (Lipinski definition) is 1. The van der Waals surface area contributed by atoms with Gasteiger partial charge in [-0.25, -0.2) is 0 Å². The first-order valence-electron chi connectivity index (χ1n) is 6.64. The smallest absolute Gasteiger partial charge is 0.179 e. The van der Waals surface area contributed by atoms with E-state index in [9.17, 15) is 4.79 Å². The van der Waals surface area contributed by atoms with Crippen molar-refractivity contribution in [2.75, 3.05) is 13.7 Å². The van der Waals surface area contributed by atoms with Gasteiger partial charge in [-0.15, -0.1) is 0 Å². The van der Waals surface area contributed by atoms with Crippen molar-refractivity contribution in [3.05, 3.63) is 35.4 Å². The van der Waals surface area contributed by atoms with E-state index in [4.69, 9.17) is 4.74 Å². The van der Waals surface area contributed by atoms with Gasteiger partial charge >= 0.3 is 0 Å². The molecule has 0 amide bonds. The number of Topliss-reactive ketones (excluding diaryl/α,β-unsaturated/α-hetero) is 1. The Balaban J connectivity index is 2.00. The summed E-state index contributed by atoms with van der Waals surface area (Å²) in [6.45, 7) is 2.92. The van der Waals surface area contributed by atoms with Crippen LogP contribution in [0.3, 0.4) is 0 Å². The molecular formula is C15H21NO2. The lowest BCUT2D eigenvalue weighted by atomic mass is 10.00. The third-order valence-electron chi connectivity index (χ3n) is 3.52. The molecule has 1 saturated heterocycles. The van der Waals surface area contributed by atoms with Crippen LogP contribution in [0.4, 0.5) is 0 Å². The third kappa shape index (κ3) is 2.98. The highest BCUT2D eigenvalue weighted by Gasteiger charge is 2.29. The highest BCUT2D eigenvalue weighted by atomic mass is 16.5. The highest BCUT2D eigenvalue weighted by Crippen LogP contribution is 2.15. The quantitative estimate of drug-likeness (QED) is 0.811. The fourth-order valence-electron chi connectivity index (χ4n) is 2.41. The molecular weight excluding hydrogens is 226 g/mol. The average molecular weight is 247 g/mol. The second kappa shape index (κ2) is 6.12. The standard InChI is InChI=1S/C15H21NO2/c1-3-4-11-5-7-12(8-6-11)15(17)14-9-13(18-2)10-16-14/h5-8,13-14,16H,3-4,9-10H2,1-2H3. The Kier molecular flexibility index (Phi) is 4.50. The number of hydrogen-bond acceptors (Lipinski definition) is 3. The Morgan fingerprint density at radius 3 is 2.67 bits per heavy atom. The van der Waals surface area contributed by atoms with Gasteiger partial charge in [-0.05, 0) is 18.4 Å². The number of aryl methyl sites for hydroxylation is 1. The van der Waals surface area contributed by atoms with E-state index in [1.807, 2.05) is 12.1 Å². The first-order valence-corrected chi connectivity index (χ1v) is 6.64. The molecule has 2 rings (SSSR count). The van der Waals surface area contributed by atoms with E-state index in [1.165, 1.54) is 5.56 Å². The number of ketones is 1. The maximum absolute atomic E-state index is 12.3. The fraction of sp³-hybridized carbons (Fsp3) is 0.533. The summed E-state index contributed by atoms with van der Waals surface area (Å²) in [4.78, 5) is 12.3. The summed E-state index contributed by atoms with van der Waals surface area (Å²) in [7, 11) is 1.69. The van der Waals surface area contributed by atoms with Crippen LogP contribution < -0.4 is 5.32 Å². The summed E-state index contributed by atoms with van der Waals surface area (Å²) < 4.78 is 5.26. The number of carbonyl (C=O) groups is 1. The minimum absolute atomic E-state index is 0.0908. The highest BCUT2D eigenvalue weighted by molar-refractivity contribution is 6.00. The van der Waals surface area contributed by atoms with Gasteiger partial charge in [0.1, 0.15) is 0 Å². The van der Waals surface area contributed by atoms with Crippen LogP contribution in [0.25, 0.3) is 0 Å². The number of ether oxygens (including phenoxy) is 1. The van der Waals surface area contributed by atoms with Gasteiger partial charge in [0.15, 0.2) is 5.78 Å². The zero-order valence-corrected chi connectivity index (χ0v) is 11.1. The maximum Gasteiger partial charge on any atom is 0.179 e. The van der Waals surface area contributed by atoms with Crippen molar-refractivity contribution >= 4 is 5.78 Å². The molecule has 0 saturated carbocycles. The van der Waals surface area contributed by atoms with Crippen LogP contribution in [0.2, 0.25) is 0 Å². The summed E-state index contributed by atoms with van der Waals surface area (Å²) in [6, 6.07) is 7.90. The molecule has 3 nitrogen and oxygen atoms in total. The number of carbonyl (C=O) groups excluding carboxylic acids is 1. The number of rotatable bonds is 5. The largest absolute Gasteiger partial charge is 0.380 e. The molecule has 0 bridgehead atoms. The van der Waals surface area contributed by atoms with Gasteiger partial charge < -0.3 is 10.1 Å². The van der Waals surface area contributed by atoms with Gasteiger partial charge in [-0.1, -0.05) is 37.6 Å². The van der Waals surface area contributed by atoms with E-state index in [-0.39, 0.29) is 17.9 Å². The molecule has 98 valence electrons. The van der Waals surface area contributed by atoms with E-state index in [0.717, 1.165) is 31.4 Å². The van der Waals surface area contributed by atoms with Gasteiger partial charge in [-0.2, -0.15) is 0 Å². The Labute approximate surface area is 109 Å². The van der Waals surface area contributed by atoms with Gasteiger partial charge in [0, 0.05) is 19.2 Å². The van der Waals surface area contributed by atoms with E-state index in [1.54, 1.807) is 7.11 Å². The molecule has 2 unspecified atom stereocenters. The van der Waals surface area contributed by atoms with E-state index < -0.39 is 0 Å². The molecule has 0 aliphatic carbocycles. The maximum atomic E-state index is 12.3. The van der Waals surface area contributed by atoms with Crippen LogP contribution in [-0.2, 0) is 11.2 Å². The van der Waals surface area contributed by atoms with Crippen molar-refractivity contribution in [3.8, 4) is 0 Å². The lowest BCUT2D eigenvalue weighted by Gasteiger charge is -2.09. The molecule has 18 heavy (non-hydrogen) atoms. The Morgan fingerprint density at radius 2 is 2.11 bits per heavy atom. The van der Waals surface area contributed by atoms with Crippen LogP contribution in [0.15, 0.2) is 24.3 Å². The Bertz CT molecular complexity index is 399. The predicted octanol–water partition coefficient (Wildman–Crippen LogP) is 2.20. The molecule has 1 aromatic carbocycles. The Hall–Kier alpha value is -1.19. The Morgan fingerprint density at radius 1 is 1.39 bits per heavy atom. The molecule has 1 aromatic rings. The predicted molar refractivity (Wildman–Crippen MR) is 72.0 cm³/mol. The zero-order valence-electron chi connectivity index (χ0n) is 11.1. The lowest BCUT2D eigenvalue weighted by molar-refractivity contribution is 0.0919. The van der Waals surface area contributed by atoms with Gasteiger partial charge in [0.2, 0.25) is 0 Å². The van der Waals surface area contributed by atoms with E-state index in [2.05, 4.69) is 24.4 Å². The van der Waals surface area contributed by atoms with Crippen molar-refractivity contribution in [1.82, 2.24) is 5.32 Å². The molecule has 1 aliphatic rings. The molecule has 0 radical (unpaired) electrons. The van der Waals surface area contributed by atoms with Gasteiger partial charge in [-0.3, -0.25) is 4.79 Å². The van der Waals surface area contributed by atoms with Crippen LogP contribution in [0, 0.1) is 0 Å². The van der Waals surface area contributed by atoms with Gasteiger partial charge in [0.25, 0.3) is 0 Å². The topological polar surface area (TPSA) is 38.3 Å². The molecule has 3 heteroatoms. The molecule has 1 aliphatic heterocycles. The van der Waals surface area contributed by atoms with Crippen molar-refractivity contribution in [3.63, 3.8) is 0 Å². The van der Waals surface area contributed by atoms with Crippen LogP contribution in [0.1, 0.15) is 35.7 Å². The first kappa shape index (κ1) is 13.2.